The van der Waals surface area contributed by atoms with Crippen LogP contribution in [0, 0.1) is 29.6 Å². The molecule has 15 heteroatoms. The molecule has 4 fully saturated rings. The number of amides is 4. The van der Waals surface area contributed by atoms with Crippen molar-refractivity contribution in [1.82, 2.24) is 20.9 Å². The number of carbonyl (C=O) groups is 4. The van der Waals surface area contributed by atoms with Gasteiger partial charge < -0.3 is 35.2 Å². The van der Waals surface area contributed by atoms with Gasteiger partial charge in [0.25, 0.3) is 0 Å². The molecule has 0 radical (unpaired) electrons. The van der Waals surface area contributed by atoms with Crippen LogP contribution in [0.1, 0.15) is 71.6 Å². The van der Waals surface area contributed by atoms with Crippen molar-refractivity contribution in [2.24, 2.45) is 29.6 Å². The van der Waals surface area contributed by atoms with Gasteiger partial charge in [0, 0.05) is 25.4 Å². The van der Waals surface area contributed by atoms with Gasteiger partial charge in [-0.1, -0.05) is 20.3 Å². The number of likely N-dealkylation sites (tertiary alicyclic amines) is 1. The number of nitrogens with one attached hydrogen (secondary N) is 3. The number of nitrogens with zero attached hydrogens (tertiary/aromatic N) is 1. The molecule has 2 saturated heterocycles. The molecule has 4 aliphatic rings. The van der Waals surface area contributed by atoms with Crippen molar-refractivity contribution in [2.45, 2.75) is 95.2 Å². The second kappa shape index (κ2) is 15.0. The van der Waals surface area contributed by atoms with Gasteiger partial charge in [-0.05, 0) is 68.6 Å². The average molecular weight is 623 g/mol. The third-order valence-corrected chi connectivity index (χ3v) is 10.1. The summed E-state index contributed by atoms with van der Waals surface area (Å²) in [5, 5.41) is 17.7. The summed E-state index contributed by atoms with van der Waals surface area (Å²) < 4.78 is 40.1. The van der Waals surface area contributed by atoms with E-state index in [9.17, 15) is 37.3 Å². The van der Waals surface area contributed by atoms with Gasteiger partial charge in [0.2, 0.25) is 17.7 Å². The third-order valence-electron chi connectivity index (χ3n) is 9.16. The molecule has 2 heterocycles. The Hall–Kier alpha value is -1.45. The number of aliphatic hydroxyl groups excluding tert-OH is 1. The topological polar surface area (TPSA) is 194 Å². The Morgan fingerprint density at radius 2 is 1.88 bits per heavy atom. The first-order valence-electron chi connectivity index (χ1n) is 14.7. The maximum absolute atomic E-state index is 13.2. The SMILES string of the molecule is CC(C)C[C@H](NC(=O)OC[C@@H]1CCC(=O)N1C[C@H]1C[C@@H]2CC[C@H]1C2)C(=O)N[C@@H](C[C@@H]1CCNC1=O)C(O)S(=O)(=O)[O-].[Na+]. The number of hydrogen-bond donors (Lipinski definition) is 4. The van der Waals surface area contributed by atoms with Crippen LogP contribution in [0.3, 0.4) is 0 Å². The molecule has 1 unspecified atom stereocenters. The molecule has 13 nitrogen and oxygen atoms in total. The number of rotatable bonds is 13. The number of ether oxygens (including phenoxy) is 1. The summed E-state index contributed by atoms with van der Waals surface area (Å²) in [6.45, 7) is 4.67. The number of alkyl carbamates (subject to hydrolysis) is 1. The van der Waals surface area contributed by atoms with E-state index in [1.807, 2.05) is 18.7 Å². The predicted molar refractivity (Wildman–Crippen MR) is 145 cm³/mol. The summed E-state index contributed by atoms with van der Waals surface area (Å²) >= 11 is 0. The molecular formula is C27H43N4NaO9S. The van der Waals surface area contributed by atoms with Gasteiger partial charge in [-0.25, -0.2) is 13.2 Å². The van der Waals surface area contributed by atoms with Gasteiger partial charge >= 0.3 is 35.7 Å². The van der Waals surface area contributed by atoms with E-state index in [1.165, 1.54) is 19.3 Å². The van der Waals surface area contributed by atoms with Crippen molar-refractivity contribution in [1.29, 1.82) is 0 Å². The summed E-state index contributed by atoms with van der Waals surface area (Å²) in [7, 11) is -5.20. The van der Waals surface area contributed by atoms with Crippen molar-refractivity contribution in [3.8, 4) is 0 Å². The van der Waals surface area contributed by atoms with E-state index in [0.29, 0.717) is 44.2 Å². The Balaban J connectivity index is 0.00000484. The zero-order valence-electron chi connectivity index (χ0n) is 24.8. The molecule has 0 aromatic rings. The fraction of sp³-hybridized carbons (Fsp3) is 0.852. The van der Waals surface area contributed by atoms with Crippen LogP contribution in [0.4, 0.5) is 4.79 Å². The van der Waals surface area contributed by atoms with Gasteiger partial charge in [0.1, 0.15) is 22.8 Å². The molecule has 8 atom stereocenters. The predicted octanol–water partition coefficient (Wildman–Crippen LogP) is -2.57. The number of aliphatic hydroxyl groups is 1. The first-order valence-corrected chi connectivity index (χ1v) is 16.2. The summed E-state index contributed by atoms with van der Waals surface area (Å²) in [4.78, 5) is 52.4. The van der Waals surface area contributed by atoms with E-state index in [4.69, 9.17) is 4.74 Å². The molecule has 4 N–H and O–H groups in total. The summed E-state index contributed by atoms with van der Waals surface area (Å²) in [6, 6.07) is -2.93. The van der Waals surface area contributed by atoms with Gasteiger partial charge in [-0.3, -0.25) is 14.4 Å². The Labute approximate surface area is 269 Å². The first-order chi connectivity index (χ1) is 19.3. The Morgan fingerprint density at radius 3 is 2.45 bits per heavy atom. The fourth-order valence-electron chi connectivity index (χ4n) is 7.04. The molecule has 4 amide bonds. The second-order valence-electron chi connectivity index (χ2n) is 12.6. The molecule has 2 aliphatic heterocycles. The Bertz CT molecular complexity index is 1110. The van der Waals surface area contributed by atoms with Crippen molar-refractivity contribution >= 4 is 33.9 Å². The van der Waals surface area contributed by atoms with Gasteiger partial charge in [0.05, 0.1) is 12.1 Å². The van der Waals surface area contributed by atoms with E-state index in [0.717, 1.165) is 12.3 Å². The van der Waals surface area contributed by atoms with Crippen LogP contribution < -0.4 is 45.5 Å². The molecule has 0 aromatic carbocycles. The molecule has 42 heavy (non-hydrogen) atoms. The second-order valence-corrected chi connectivity index (χ2v) is 14.1. The van der Waals surface area contributed by atoms with Crippen LogP contribution in [-0.2, 0) is 29.2 Å². The van der Waals surface area contributed by atoms with E-state index in [-0.39, 0.29) is 72.8 Å². The minimum absolute atomic E-state index is 0. The Kier molecular flexibility index (Phi) is 12.5. The van der Waals surface area contributed by atoms with Crippen molar-refractivity contribution in [3.63, 3.8) is 0 Å². The van der Waals surface area contributed by atoms with Crippen molar-refractivity contribution < 1.29 is 71.5 Å². The summed E-state index contributed by atoms with van der Waals surface area (Å²) in [5.41, 5.74) is -2.47. The standard InChI is InChI=1S/C27H44N4O9S.Na/c1-15(2)9-21(25(34)29-22(26(35)41(37,38)39)12-18-7-8-28-24(18)33)30-27(36)40-14-20-5-6-23(32)31(20)13-19-11-16-3-4-17(19)10-16;/h15-22,26,35H,3-14H2,1-2H3,(H,28,33)(H,29,34)(H,30,36)(H,37,38,39);/q;+1/p-1/t16-,17+,18+,19-,20+,21+,22+,26?;/m1./s1. The van der Waals surface area contributed by atoms with Crippen molar-refractivity contribution in [3.05, 3.63) is 0 Å². The summed E-state index contributed by atoms with van der Waals surface area (Å²) in [5.74, 6) is 0.0523. The molecule has 0 spiro atoms. The van der Waals surface area contributed by atoms with Crippen LogP contribution in [0.5, 0.6) is 0 Å². The smallest absolute Gasteiger partial charge is 0.746 e. The largest absolute Gasteiger partial charge is 1.00 e. The molecule has 2 bridgehead atoms. The van der Waals surface area contributed by atoms with Crippen LogP contribution in [0.2, 0.25) is 0 Å². The van der Waals surface area contributed by atoms with Crippen LogP contribution in [0.15, 0.2) is 0 Å². The van der Waals surface area contributed by atoms with Gasteiger partial charge in [0.15, 0.2) is 5.44 Å². The summed E-state index contributed by atoms with van der Waals surface area (Å²) in [6.07, 6.45) is 5.26. The van der Waals surface area contributed by atoms with E-state index < -0.39 is 45.6 Å². The minimum atomic E-state index is -5.20. The molecule has 232 valence electrons. The van der Waals surface area contributed by atoms with Crippen LogP contribution >= 0.6 is 0 Å². The van der Waals surface area contributed by atoms with Crippen LogP contribution in [0.25, 0.3) is 0 Å². The number of hydrogen-bond acceptors (Lipinski definition) is 9. The number of fused-ring (bicyclic) bond motifs is 2. The zero-order chi connectivity index (χ0) is 29.9. The van der Waals surface area contributed by atoms with E-state index >= 15 is 0 Å². The normalized spacial score (nSPS) is 29.2. The maximum Gasteiger partial charge on any atom is 1.00 e. The maximum atomic E-state index is 13.2. The van der Waals surface area contributed by atoms with E-state index in [2.05, 4.69) is 16.0 Å². The Morgan fingerprint density at radius 1 is 1.14 bits per heavy atom. The fourth-order valence-corrected chi connectivity index (χ4v) is 7.62. The van der Waals surface area contributed by atoms with Crippen molar-refractivity contribution in [2.75, 3.05) is 19.7 Å². The molecule has 4 rings (SSSR count). The monoisotopic (exact) mass is 622 g/mol. The van der Waals surface area contributed by atoms with Gasteiger partial charge in [-0.2, -0.15) is 0 Å². The molecule has 0 aromatic heterocycles. The first kappa shape index (κ1) is 35.0. The van der Waals surface area contributed by atoms with E-state index in [1.54, 1.807) is 0 Å². The van der Waals surface area contributed by atoms with Crippen LogP contribution in [-0.4, -0.2) is 90.0 Å². The quantitative estimate of drug-likeness (QED) is 0.126. The average Bonchev–Trinajstić information content (AvgIpc) is 3.68. The van der Waals surface area contributed by atoms with Gasteiger partial charge in [-0.15, -0.1) is 0 Å². The molecule has 2 saturated carbocycles. The minimum Gasteiger partial charge on any atom is -0.746 e. The molecule has 2 aliphatic carbocycles. The number of carbonyl (C=O) groups excluding carboxylic acids is 4. The molecular weight excluding hydrogens is 579 g/mol. The third kappa shape index (κ3) is 9.04. The zero-order valence-corrected chi connectivity index (χ0v) is 27.6.